The molecule has 1 aromatic heterocycles. The van der Waals surface area contributed by atoms with Crippen LogP contribution in [0.25, 0.3) is 0 Å². The van der Waals surface area contributed by atoms with Gasteiger partial charge in [-0.25, -0.2) is 4.99 Å². The summed E-state index contributed by atoms with van der Waals surface area (Å²) in [6.45, 7) is 8.53. The molecule has 1 N–H and O–H groups in total. The SMILES string of the molecule is C\C=C/N=C(\C(=C\CC)Nc1ccc(C(C)(F)F)nc1)N1CCN(C)CC1. The molecular weight excluding hydrogens is 348 g/mol. The van der Waals surface area contributed by atoms with E-state index in [2.05, 4.69) is 45.1 Å². The van der Waals surface area contributed by atoms with Crippen LogP contribution in [-0.2, 0) is 5.92 Å². The highest BCUT2D eigenvalue weighted by Gasteiger charge is 2.26. The summed E-state index contributed by atoms with van der Waals surface area (Å²) in [5.74, 6) is -2.09. The molecule has 2 rings (SSSR count). The van der Waals surface area contributed by atoms with Crippen molar-refractivity contribution in [3.05, 3.63) is 48.1 Å². The van der Waals surface area contributed by atoms with Crippen molar-refractivity contribution in [2.75, 3.05) is 38.5 Å². The number of likely N-dealkylation sites (N-methyl/N-ethyl adjacent to an activating group) is 1. The number of alkyl halides is 2. The van der Waals surface area contributed by atoms with Gasteiger partial charge in [-0.1, -0.05) is 19.1 Å². The molecule has 1 aliphatic heterocycles. The van der Waals surface area contributed by atoms with Crippen LogP contribution < -0.4 is 5.32 Å². The first-order valence-corrected chi connectivity index (χ1v) is 9.29. The van der Waals surface area contributed by atoms with Gasteiger partial charge in [0.1, 0.15) is 5.69 Å². The molecule has 0 spiro atoms. The minimum absolute atomic E-state index is 0.240. The Balaban J connectivity index is 2.25. The van der Waals surface area contributed by atoms with Gasteiger partial charge in [0.25, 0.3) is 5.92 Å². The molecule has 7 heteroatoms. The third kappa shape index (κ3) is 6.13. The number of nitrogens with zero attached hydrogens (tertiary/aromatic N) is 4. The van der Waals surface area contributed by atoms with Gasteiger partial charge in [-0.05, 0) is 32.5 Å². The summed E-state index contributed by atoms with van der Waals surface area (Å²) in [5, 5.41) is 3.31. The van der Waals surface area contributed by atoms with E-state index in [0.29, 0.717) is 5.69 Å². The average molecular weight is 377 g/mol. The van der Waals surface area contributed by atoms with E-state index in [4.69, 9.17) is 0 Å². The highest BCUT2D eigenvalue weighted by atomic mass is 19.3. The second-order valence-corrected chi connectivity index (χ2v) is 6.70. The molecule has 0 unspecified atom stereocenters. The number of aromatic nitrogens is 1. The topological polar surface area (TPSA) is 43.8 Å². The van der Waals surface area contributed by atoms with Crippen molar-refractivity contribution >= 4 is 11.5 Å². The van der Waals surface area contributed by atoms with Crippen LogP contribution in [0.15, 0.2) is 47.4 Å². The van der Waals surface area contributed by atoms with Gasteiger partial charge in [-0.3, -0.25) is 4.98 Å². The maximum Gasteiger partial charge on any atom is 0.286 e. The predicted octanol–water partition coefficient (Wildman–Crippen LogP) is 4.08. The highest BCUT2D eigenvalue weighted by Crippen LogP contribution is 2.26. The van der Waals surface area contributed by atoms with Gasteiger partial charge in [-0.2, -0.15) is 8.78 Å². The van der Waals surface area contributed by atoms with Gasteiger partial charge in [0.2, 0.25) is 0 Å². The predicted molar refractivity (Wildman–Crippen MR) is 107 cm³/mol. The lowest BCUT2D eigenvalue weighted by atomic mass is 10.2. The number of piperazine rings is 1. The monoisotopic (exact) mass is 377 g/mol. The first-order chi connectivity index (χ1) is 12.8. The standard InChI is InChI=1S/C20H29F2N5/c1-5-7-17(25-16-8-9-18(24-15-16)20(3,21)22)19(23-10-6-2)27-13-11-26(4)12-14-27/h6-10,15,25H,5,11-14H2,1-4H3/b10-6-,17-7-,23-19+. The quantitative estimate of drug-likeness (QED) is 0.599. The first-order valence-electron chi connectivity index (χ1n) is 9.29. The third-order valence-corrected chi connectivity index (χ3v) is 4.29. The number of allylic oxidation sites excluding steroid dienone is 2. The molecule has 0 atom stereocenters. The van der Waals surface area contributed by atoms with Crippen molar-refractivity contribution in [2.45, 2.75) is 33.1 Å². The fourth-order valence-corrected chi connectivity index (χ4v) is 2.77. The summed E-state index contributed by atoms with van der Waals surface area (Å²) in [4.78, 5) is 13.1. The van der Waals surface area contributed by atoms with Crippen LogP contribution in [0, 0.1) is 0 Å². The third-order valence-electron chi connectivity index (χ3n) is 4.29. The molecule has 2 heterocycles. The number of anilines is 1. The summed E-state index contributed by atoms with van der Waals surface area (Å²) in [6.07, 6.45) is 7.98. The van der Waals surface area contributed by atoms with Crippen molar-refractivity contribution in [1.82, 2.24) is 14.8 Å². The number of hydrogen-bond donors (Lipinski definition) is 1. The molecule has 0 aliphatic carbocycles. The van der Waals surface area contributed by atoms with Crippen LogP contribution in [0.5, 0.6) is 0 Å². The van der Waals surface area contributed by atoms with Crippen LogP contribution in [0.4, 0.5) is 14.5 Å². The lowest BCUT2D eigenvalue weighted by molar-refractivity contribution is 0.0128. The van der Waals surface area contributed by atoms with Crippen molar-refractivity contribution < 1.29 is 8.78 Å². The van der Waals surface area contributed by atoms with Crippen molar-refractivity contribution in [1.29, 1.82) is 0 Å². The smallest absolute Gasteiger partial charge is 0.286 e. The second kappa shape index (κ2) is 9.60. The number of pyridine rings is 1. The summed E-state index contributed by atoms with van der Waals surface area (Å²) in [6, 6.07) is 2.98. The zero-order chi connectivity index (χ0) is 19.9. The molecule has 148 valence electrons. The number of rotatable bonds is 6. The molecule has 0 saturated carbocycles. The molecule has 1 saturated heterocycles. The molecule has 5 nitrogen and oxygen atoms in total. The largest absolute Gasteiger partial charge is 0.352 e. The summed E-state index contributed by atoms with van der Waals surface area (Å²) < 4.78 is 26.8. The summed E-state index contributed by atoms with van der Waals surface area (Å²) in [7, 11) is 2.11. The van der Waals surface area contributed by atoms with Crippen molar-refractivity contribution in [3.63, 3.8) is 0 Å². The van der Waals surface area contributed by atoms with Crippen molar-refractivity contribution in [2.24, 2.45) is 4.99 Å². The van der Waals surface area contributed by atoms with Gasteiger partial charge in [0, 0.05) is 39.3 Å². The van der Waals surface area contributed by atoms with E-state index >= 15 is 0 Å². The van der Waals surface area contributed by atoms with Crippen LogP contribution in [-0.4, -0.2) is 53.8 Å². The fourth-order valence-electron chi connectivity index (χ4n) is 2.77. The minimum Gasteiger partial charge on any atom is -0.352 e. The Hall–Kier alpha value is -2.28. The molecule has 0 amide bonds. The molecule has 1 aromatic rings. The summed E-state index contributed by atoms with van der Waals surface area (Å²) in [5.41, 5.74) is 1.28. The number of amidine groups is 1. The Morgan fingerprint density at radius 3 is 2.52 bits per heavy atom. The Morgan fingerprint density at radius 2 is 2.00 bits per heavy atom. The molecule has 1 fully saturated rings. The van der Waals surface area contributed by atoms with Crippen LogP contribution in [0.2, 0.25) is 0 Å². The molecule has 0 radical (unpaired) electrons. The normalized spacial score (nSPS) is 17.6. The number of nitrogens with one attached hydrogen (secondary N) is 1. The van der Waals surface area contributed by atoms with Gasteiger partial charge < -0.3 is 15.1 Å². The van der Waals surface area contributed by atoms with Gasteiger partial charge >= 0.3 is 0 Å². The molecule has 0 bridgehead atoms. The Kier molecular flexibility index (Phi) is 7.47. The lowest BCUT2D eigenvalue weighted by Crippen LogP contribution is -2.48. The fraction of sp³-hybridized carbons (Fsp3) is 0.500. The molecule has 27 heavy (non-hydrogen) atoms. The van der Waals surface area contributed by atoms with Gasteiger partial charge in [0.05, 0.1) is 17.6 Å². The van der Waals surface area contributed by atoms with Crippen molar-refractivity contribution in [3.8, 4) is 0 Å². The highest BCUT2D eigenvalue weighted by molar-refractivity contribution is 6.01. The van der Waals surface area contributed by atoms with Crippen LogP contribution >= 0.6 is 0 Å². The molecule has 0 aromatic carbocycles. The minimum atomic E-state index is -2.95. The number of aliphatic imine (C=N–C) groups is 1. The Morgan fingerprint density at radius 1 is 1.30 bits per heavy atom. The zero-order valence-corrected chi connectivity index (χ0v) is 16.5. The second-order valence-electron chi connectivity index (χ2n) is 6.70. The zero-order valence-electron chi connectivity index (χ0n) is 16.5. The number of halogens is 2. The van der Waals surface area contributed by atoms with E-state index in [-0.39, 0.29) is 5.69 Å². The van der Waals surface area contributed by atoms with E-state index < -0.39 is 5.92 Å². The van der Waals surface area contributed by atoms with E-state index in [1.807, 2.05) is 13.0 Å². The summed E-state index contributed by atoms with van der Waals surface area (Å²) >= 11 is 0. The molecular formula is C20H29F2N5. The van der Waals surface area contributed by atoms with Gasteiger partial charge in [0.15, 0.2) is 5.84 Å². The van der Waals surface area contributed by atoms with E-state index in [1.165, 1.54) is 12.3 Å². The Bertz CT molecular complexity index is 681. The van der Waals surface area contributed by atoms with Gasteiger partial charge in [-0.15, -0.1) is 0 Å². The van der Waals surface area contributed by atoms with Crippen LogP contribution in [0.3, 0.4) is 0 Å². The maximum atomic E-state index is 13.4. The lowest BCUT2D eigenvalue weighted by Gasteiger charge is -2.35. The van der Waals surface area contributed by atoms with E-state index in [9.17, 15) is 8.78 Å². The van der Waals surface area contributed by atoms with E-state index in [1.54, 1.807) is 12.3 Å². The molecule has 1 aliphatic rings. The van der Waals surface area contributed by atoms with E-state index in [0.717, 1.165) is 51.1 Å². The Labute approximate surface area is 160 Å². The maximum absolute atomic E-state index is 13.4. The first kappa shape index (κ1) is 21.0. The van der Waals surface area contributed by atoms with Crippen LogP contribution in [0.1, 0.15) is 32.9 Å². The average Bonchev–Trinajstić information content (AvgIpc) is 2.63. The number of hydrogen-bond acceptors (Lipinski definition) is 4.